The second-order valence-electron chi connectivity index (χ2n) is 4.23. The molecule has 0 saturated heterocycles. The maximum Gasteiger partial charge on any atom is 0.0421 e. The van der Waals surface area contributed by atoms with Gasteiger partial charge < -0.3 is 11.1 Å². The minimum Gasteiger partial charge on any atom is -0.385 e. The lowest BCUT2D eigenvalue weighted by Crippen LogP contribution is -2.06. The van der Waals surface area contributed by atoms with E-state index in [1.807, 2.05) is 24.4 Å². The number of anilines is 1. The highest BCUT2D eigenvalue weighted by atomic mass is 14.9. The van der Waals surface area contributed by atoms with Crippen molar-refractivity contribution in [3.8, 4) is 0 Å². The van der Waals surface area contributed by atoms with E-state index in [4.69, 9.17) is 5.73 Å². The molecule has 0 aliphatic carbocycles. The topological polar surface area (TPSA) is 50.9 Å². The maximum absolute atomic E-state index is 5.52. The van der Waals surface area contributed by atoms with E-state index in [2.05, 4.69) is 34.6 Å². The average molecular weight is 241 g/mol. The predicted molar refractivity (Wildman–Crippen MR) is 75.6 cm³/mol. The summed E-state index contributed by atoms with van der Waals surface area (Å²) < 4.78 is 0. The molecule has 0 atom stereocenters. The summed E-state index contributed by atoms with van der Waals surface area (Å²) in [6, 6.07) is 14.4. The molecule has 0 spiro atoms. The Balaban J connectivity index is 1.80. The van der Waals surface area contributed by atoms with Crippen molar-refractivity contribution in [2.24, 2.45) is 5.73 Å². The zero-order valence-electron chi connectivity index (χ0n) is 10.5. The van der Waals surface area contributed by atoms with Gasteiger partial charge in [-0.3, -0.25) is 4.98 Å². The molecular formula is C15H19N3. The Kier molecular flexibility index (Phi) is 4.73. The highest BCUT2D eigenvalue weighted by Crippen LogP contribution is 2.09. The first-order chi connectivity index (χ1) is 8.88. The molecule has 0 radical (unpaired) electrons. The number of pyridine rings is 1. The van der Waals surface area contributed by atoms with Gasteiger partial charge in [0.15, 0.2) is 0 Å². The molecule has 1 heterocycles. The van der Waals surface area contributed by atoms with Gasteiger partial charge in [0.25, 0.3) is 0 Å². The summed E-state index contributed by atoms with van der Waals surface area (Å²) in [5, 5.41) is 3.39. The number of rotatable bonds is 6. The monoisotopic (exact) mass is 241 g/mol. The second kappa shape index (κ2) is 6.77. The van der Waals surface area contributed by atoms with Crippen molar-refractivity contribution in [1.29, 1.82) is 0 Å². The fraction of sp³-hybridized carbons (Fsp3) is 0.267. The van der Waals surface area contributed by atoms with Crippen molar-refractivity contribution in [3.63, 3.8) is 0 Å². The van der Waals surface area contributed by atoms with Crippen LogP contribution in [0.1, 0.15) is 11.3 Å². The zero-order valence-corrected chi connectivity index (χ0v) is 10.5. The largest absolute Gasteiger partial charge is 0.385 e. The van der Waals surface area contributed by atoms with Gasteiger partial charge in [0.1, 0.15) is 0 Å². The number of benzene rings is 1. The highest BCUT2D eigenvalue weighted by Gasteiger charge is 1.95. The van der Waals surface area contributed by atoms with Crippen LogP contribution in [0.3, 0.4) is 0 Å². The Labute approximate surface area is 108 Å². The minimum atomic E-state index is 0.701. The van der Waals surface area contributed by atoms with Crippen LogP contribution in [0.4, 0.5) is 5.69 Å². The fourth-order valence-electron chi connectivity index (χ4n) is 1.84. The van der Waals surface area contributed by atoms with E-state index in [1.54, 1.807) is 0 Å². The molecule has 94 valence electrons. The molecule has 0 unspecified atom stereocenters. The second-order valence-corrected chi connectivity index (χ2v) is 4.23. The molecule has 2 rings (SSSR count). The molecule has 0 aliphatic heterocycles. The number of nitrogens with one attached hydrogen (secondary N) is 1. The molecular weight excluding hydrogens is 222 g/mol. The summed E-state index contributed by atoms with van der Waals surface area (Å²) in [5.74, 6) is 0. The molecule has 1 aromatic heterocycles. The Morgan fingerprint density at radius 3 is 2.50 bits per heavy atom. The molecule has 18 heavy (non-hydrogen) atoms. The number of nitrogens with zero attached hydrogens (tertiary/aromatic N) is 1. The van der Waals surface area contributed by atoms with Gasteiger partial charge >= 0.3 is 0 Å². The molecule has 0 amide bonds. The third-order valence-electron chi connectivity index (χ3n) is 2.82. The Hall–Kier alpha value is -1.87. The number of nitrogens with two attached hydrogens (primary N) is 1. The number of aromatic nitrogens is 1. The Bertz CT molecular complexity index is 451. The lowest BCUT2D eigenvalue weighted by atomic mass is 10.1. The van der Waals surface area contributed by atoms with Crippen LogP contribution in [-0.2, 0) is 12.8 Å². The molecule has 0 fully saturated rings. The van der Waals surface area contributed by atoms with Crippen LogP contribution in [0, 0.1) is 0 Å². The quantitative estimate of drug-likeness (QED) is 0.815. The lowest BCUT2D eigenvalue weighted by molar-refractivity contribution is 0.956. The lowest BCUT2D eigenvalue weighted by Gasteiger charge is -2.07. The predicted octanol–water partition coefficient (Wildman–Crippen LogP) is 2.24. The maximum atomic E-state index is 5.52. The molecule has 0 saturated carbocycles. The van der Waals surface area contributed by atoms with Gasteiger partial charge in [-0.2, -0.15) is 0 Å². The molecule has 1 aromatic carbocycles. The number of hydrogen-bond acceptors (Lipinski definition) is 3. The fourth-order valence-corrected chi connectivity index (χ4v) is 1.84. The minimum absolute atomic E-state index is 0.701. The van der Waals surface area contributed by atoms with Gasteiger partial charge in [-0.15, -0.1) is 0 Å². The summed E-state index contributed by atoms with van der Waals surface area (Å²) in [7, 11) is 0. The standard InChI is InChI=1S/C15H19N3/c16-10-8-13-4-6-15(7-5-13)18-12-9-14-3-1-2-11-17-14/h1-7,11,18H,8-10,12,16H2. The van der Waals surface area contributed by atoms with Gasteiger partial charge in [-0.1, -0.05) is 18.2 Å². The van der Waals surface area contributed by atoms with E-state index in [0.717, 1.165) is 30.8 Å². The SMILES string of the molecule is NCCc1ccc(NCCc2ccccn2)cc1. The van der Waals surface area contributed by atoms with Crippen molar-refractivity contribution >= 4 is 5.69 Å². The molecule has 3 N–H and O–H groups in total. The molecule has 0 bridgehead atoms. The first-order valence-corrected chi connectivity index (χ1v) is 6.31. The summed E-state index contributed by atoms with van der Waals surface area (Å²) >= 11 is 0. The Morgan fingerprint density at radius 1 is 1.00 bits per heavy atom. The van der Waals surface area contributed by atoms with Gasteiger partial charge in [0, 0.05) is 30.5 Å². The van der Waals surface area contributed by atoms with Gasteiger partial charge in [0.2, 0.25) is 0 Å². The summed E-state index contributed by atoms with van der Waals surface area (Å²) in [5.41, 5.74) is 9.07. The van der Waals surface area contributed by atoms with Crippen LogP contribution in [0.15, 0.2) is 48.7 Å². The van der Waals surface area contributed by atoms with Crippen molar-refractivity contribution in [3.05, 3.63) is 59.9 Å². The highest BCUT2D eigenvalue weighted by molar-refractivity contribution is 5.44. The van der Waals surface area contributed by atoms with Crippen LogP contribution < -0.4 is 11.1 Å². The first kappa shape index (κ1) is 12.6. The van der Waals surface area contributed by atoms with E-state index in [-0.39, 0.29) is 0 Å². The third-order valence-corrected chi connectivity index (χ3v) is 2.82. The summed E-state index contributed by atoms with van der Waals surface area (Å²) in [4.78, 5) is 4.29. The molecule has 0 aliphatic rings. The Morgan fingerprint density at radius 2 is 1.83 bits per heavy atom. The third kappa shape index (κ3) is 3.86. The molecule has 2 aromatic rings. The zero-order chi connectivity index (χ0) is 12.6. The summed E-state index contributed by atoms with van der Waals surface area (Å²) in [6.45, 7) is 1.60. The average Bonchev–Trinajstić information content (AvgIpc) is 2.42. The van der Waals surface area contributed by atoms with Crippen LogP contribution >= 0.6 is 0 Å². The van der Waals surface area contributed by atoms with Crippen molar-refractivity contribution in [1.82, 2.24) is 4.98 Å². The van der Waals surface area contributed by atoms with E-state index in [9.17, 15) is 0 Å². The van der Waals surface area contributed by atoms with E-state index < -0.39 is 0 Å². The smallest absolute Gasteiger partial charge is 0.0421 e. The van der Waals surface area contributed by atoms with Gasteiger partial charge in [-0.25, -0.2) is 0 Å². The van der Waals surface area contributed by atoms with E-state index in [0.29, 0.717) is 6.54 Å². The summed E-state index contributed by atoms with van der Waals surface area (Å²) in [6.07, 6.45) is 3.70. The van der Waals surface area contributed by atoms with Crippen LogP contribution in [0.25, 0.3) is 0 Å². The van der Waals surface area contributed by atoms with Gasteiger partial charge in [0.05, 0.1) is 0 Å². The molecule has 3 heteroatoms. The van der Waals surface area contributed by atoms with Crippen LogP contribution in [0.2, 0.25) is 0 Å². The van der Waals surface area contributed by atoms with Crippen molar-refractivity contribution < 1.29 is 0 Å². The first-order valence-electron chi connectivity index (χ1n) is 6.31. The van der Waals surface area contributed by atoms with Crippen molar-refractivity contribution in [2.75, 3.05) is 18.4 Å². The normalized spacial score (nSPS) is 10.3. The van der Waals surface area contributed by atoms with Gasteiger partial charge in [-0.05, 0) is 42.8 Å². The van der Waals surface area contributed by atoms with Crippen LogP contribution in [0.5, 0.6) is 0 Å². The van der Waals surface area contributed by atoms with E-state index in [1.165, 1.54) is 5.56 Å². The van der Waals surface area contributed by atoms with Crippen molar-refractivity contribution in [2.45, 2.75) is 12.8 Å². The van der Waals surface area contributed by atoms with E-state index >= 15 is 0 Å². The number of hydrogen-bond donors (Lipinski definition) is 2. The molecule has 3 nitrogen and oxygen atoms in total. The van der Waals surface area contributed by atoms with Crippen LogP contribution in [-0.4, -0.2) is 18.1 Å².